The number of pyridine rings is 1. The SMILES string of the molecule is COc1ccc2cc(C(=O)N3CCOCC3)ccc2n1. The van der Waals surface area contributed by atoms with Gasteiger partial charge >= 0.3 is 0 Å². The van der Waals surface area contributed by atoms with E-state index in [-0.39, 0.29) is 5.91 Å². The van der Waals surface area contributed by atoms with E-state index in [0.29, 0.717) is 37.7 Å². The Morgan fingerprint density at radius 2 is 2.05 bits per heavy atom. The summed E-state index contributed by atoms with van der Waals surface area (Å²) in [6, 6.07) is 9.25. The number of rotatable bonds is 2. The molecule has 104 valence electrons. The molecule has 5 nitrogen and oxygen atoms in total. The van der Waals surface area contributed by atoms with Crippen LogP contribution in [0.3, 0.4) is 0 Å². The van der Waals surface area contributed by atoms with Crippen LogP contribution < -0.4 is 4.74 Å². The molecule has 1 fully saturated rings. The number of nitrogens with zero attached hydrogens (tertiary/aromatic N) is 2. The Morgan fingerprint density at radius 3 is 2.80 bits per heavy atom. The average molecular weight is 272 g/mol. The van der Waals surface area contributed by atoms with E-state index < -0.39 is 0 Å². The minimum Gasteiger partial charge on any atom is -0.481 e. The maximum Gasteiger partial charge on any atom is 0.254 e. The van der Waals surface area contributed by atoms with E-state index in [2.05, 4.69) is 4.98 Å². The van der Waals surface area contributed by atoms with E-state index in [4.69, 9.17) is 9.47 Å². The summed E-state index contributed by atoms with van der Waals surface area (Å²) >= 11 is 0. The zero-order valence-electron chi connectivity index (χ0n) is 11.3. The molecular weight excluding hydrogens is 256 g/mol. The summed E-state index contributed by atoms with van der Waals surface area (Å²) in [5.74, 6) is 0.621. The molecule has 1 aromatic heterocycles. The lowest BCUT2D eigenvalue weighted by atomic mass is 10.1. The van der Waals surface area contributed by atoms with Crippen LogP contribution in [-0.4, -0.2) is 49.2 Å². The molecule has 1 aromatic carbocycles. The summed E-state index contributed by atoms with van der Waals surface area (Å²) in [4.78, 5) is 18.6. The first-order valence-electron chi connectivity index (χ1n) is 6.60. The van der Waals surface area contributed by atoms with Crippen molar-refractivity contribution in [2.45, 2.75) is 0 Å². The number of ether oxygens (including phenoxy) is 2. The fourth-order valence-electron chi connectivity index (χ4n) is 2.30. The van der Waals surface area contributed by atoms with Gasteiger partial charge in [-0.3, -0.25) is 4.79 Å². The molecule has 0 unspecified atom stereocenters. The number of hydrogen-bond acceptors (Lipinski definition) is 4. The molecule has 1 saturated heterocycles. The number of morpholine rings is 1. The Bertz CT molecular complexity index is 636. The highest BCUT2D eigenvalue weighted by Crippen LogP contribution is 2.19. The standard InChI is InChI=1S/C15H16N2O3/c1-19-14-5-3-11-10-12(2-4-13(11)16-14)15(18)17-6-8-20-9-7-17/h2-5,10H,6-9H2,1H3. The van der Waals surface area contributed by atoms with Crippen molar-refractivity contribution in [3.8, 4) is 5.88 Å². The predicted molar refractivity (Wildman–Crippen MR) is 75.0 cm³/mol. The number of hydrogen-bond donors (Lipinski definition) is 0. The summed E-state index contributed by atoms with van der Waals surface area (Å²) < 4.78 is 10.4. The van der Waals surface area contributed by atoms with Crippen LogP contribution in [0.15, 0.2) is 30.3 Å². The third-order valence-electron chi connectivity index (χ3n) is 3.42. The molecule has 0 bridgehead atoms. The van der Waals surface area contributed by atoms with Crippen molar-refractivity contribution in [2.75, 3.05) is 33.4 Å². The van der Waals surface area contributed by atoms with Crippen LogP contribution in [0.1, 0.15) is 10.4 Å². The zero-order chi connectivity index (χ0) is 13.9. The van der Waals surface area contributed by atoms with Crippen LogP contribution >= 0.6 is 0 Å². The number of fused-ring (bicyclic) bond motifs is 1. The first-order chi connectivity index (χ1) is 9.78. The Morgan fingerprint density at radius 1 is 1.25 bits per heavy atom. The molecular formula is C15H16N2O3. The number of methoxy groups -OCH3 is 1. The first-order valence-corrected chi connectivity index (χ1v) is 6.60. The largest absolute Gasteiger partial charge is 0.481 e. The second-order valence-electron chi connectivity index (χ2n) is 4.67. The third kappa shape index (κ3) is 2.44. The second-order valence-corrected chi connectivity index (χ2v) is 4.67. The molecule has 0 spiro atoms. The number of benzene rings is 1. The van der Waals surface area contributed by atoms with Crippen LogP contribution in [0.2, 0.25) is 0 Å². The summed E-state index contributed by atoms with van der Waals surface area (Å²) in [5, 5.41) is 0.935. The average Bonchev–Trinajstić information content (AvgIpc) is 2.54. The molecule has 3 rings (SSSR count). The zero-order valence-corrected chi connectivity index (χ0v) is 11.3. The lowest BCUT2D eigenvalue weighted by molar-refractivity contribution is 0.0303. The van der Waals surface area contributed by atoms with Crippen molar-refractivity contribution in [3.05, 3.63) is 35.9 Å². The molecule has 1 aliphatic rings. The number of carbonyl (C=O) groups excluding carboxylic acids is 1. The number of carbonyl (C=O) groups is 1. The van der Waals surface area contributed by atoms with E-state index in [1.807, 2.05) is 29.2 Å². The van der Waals surface area contributed by atoms with E-state index >= 15 is 0 Å². The summed E-state index contributed by atoms with van der Waals surface area (Å²) in [6.07, 6.45) is 0. The van der Waals surface area contributed by atoms with Gasteiger partial charge in [-0.25, -0.2) is 4.98 Å². The van der Waals surface area contributed by atoms with Gasteiger partial charge in [-0.2, -0.15) is 0 Å². The van der Waals surface area contributed by atoms with Gasteiger partial charge in [-0.15, -0.1) is 0 Å². The molecule has 0 radical (unpaired) electrons. The predicted octanol–water partition coefficient (Wildman–Crippen LogP) is 1.72. The van der Waals surface area contributed by atoms with Crippen LogP contribution in [0.4, 0.5) is 0 Å². The topological polar surface area (TPSA) is 51.7 Å². The van der Waals surface area contributed by atoms with Crippen LogP contribution in [0, 0.1) is 0 Å². The molecule has 2 aromatic rings. The van der Waals surface area contributed by atoms with Gasteiger partial charge in [0.25, 0.3) is 5.91 Å². The van der Waals surface area contributed by atoms with Crippen LogP contribution in [0.5, 0.6) is 5.88 Å². The third-order valence-corrected chi connectivity index (χ3v) is 3.42. The van der Waals surface area contributed by atoms with Gasteiger partial charge in [-0.05, 0) is 24.3 Å². The lowest BCUT2D eigenvalue weighted by Crippen LogP contribution is -2.40. The van der Waals surface area contributed by atoms with Crippen LogP contribution in [0.25, 0.3) is 10.9 Å². The van der Waals surface area contributed by atoms with Gasteiger partial charge in [-0.1, -0.05) is 0 Å². The van der Waals surface area contributed by atoms with Gasteiger partial charge in [0, 0.05) is 30.1 Å². The van der Waals surface area contributed by atoms with E-state index in [1.54, 1.807) is 13.2 Å². The van der Waals surface area contributed by atoms with E-state index in [9.17, 15) is 4.79 Å². The molecule has 0 aliphatic carbocycles. The van der Waals surface area contributed by atoms with Gasteiger partial charge in [0.15, 0.2) is 0 Å². The minimum absolute atomic E-state index is 0.0472. The van der Waals surface area contributed by atoms with E-state index in [0.717, 1.165) is 10.9 Å². The van der Waals surface area contributed by atoms with Gasteiger partial charge in [0.05, 0.1) is 25.8 Å². The molecule has 0 saturated carbocycles. The molecule has 5 heteroatoms. The monoisotopic (exact) mass is 272 g/mol. The highest BCUT2D eigenvalue weighted by atomic mass is 16.5. The van der Waals surface area contributed by atoms with Crippen molar-refractivity contribution in [3.63, 3.8) is 0 Å². The van der Waals surface area contributed by atoms with Gasteiger partial charge in [0.2, 0.25) is 5.88 Å². The Labute approximate surface area is 117 Å². The van der Waals surface area contributed by atoms with Crippen molar-refractivity contribution >= 4 is 16.8 Å². The van der Waals surface area contributed by atoms with Crippen molar-refractivity contribution in [2.24, 2.45) is 0 Å². The number of amides is 1. The van der Waals surface area contributed by atoms with Gasteiger partial charge < -0.3 is 14.4 Å². The lowest BCUT2D eigenvalue weighted by Gasteiger charge is -2.26. The number of aromatic nitrogens is 1. The summed E-state index contributed by atoms with van der Waals surface area (Å²) in [5.41, 5.74) is 1.51. The molecule has 1 aliphatic heterocycles. The van der Waals surface area contributed by atoms with Crippen molar-refractivity contribution in [1.82, 2.24) is 9.88 Å². The molecule has 0 atom stereocenters. The van der Waals surface area contributed by atoms with Crippen molar-refractivity contribution < 1.29 is 14.3 Å². The summed E-state index contributed by atoms with van der Waals surface area (Å²) in [7, 11) is 1.59. The Hall–Kier alpha value is -2.14. The Kier molecular flexibility index (Phi) is 3.52. The maximum atomic E-state index is 12.4. The normalized spacial score (nSPS) is 15.3. The summed E-state index contributed by atoms with van der Waals surface area (Å²) in [6.45, 7) is 2.52. The molecule has 1 amide bonds. The molecule has 20 heavy (non-hydrogen) atoms. The smallest absolute Gasteiger partial charge is 0.254 e. The second kappa shape index (κ2) is 5.46. The first kappa shape index (κ1) is 12.9. The van der Waals surface area contributed by atoms with Gasteiger partial charge in [0.1, 0.15) is 0 Å². The van der Waals surface area contributed by atoms with Crippen LogP contribution in [-0.2, 0) is 4.74 Å². The fraction of sp³-hybridized carbons (Fsp3) is 0.333. The maximum absolute atomic E-state index is 12.4. The quantitative estimate of drug-likeness (QED) is 0.835. The van der Waals surface area contributed by atoms with E-state index in [1.165, 1.54) is 0 Å². The molecule has 2 heterocycles. The minimum atomic E-state index is 0.0472. The fourth-order valence-corrected chi connectivity index (χ4v) is 2.30. The van der Waals surface area contributed by atoms with Crippen molar-refractivity contribution in [1.29, 1.82) is 0 Å². The highest BCUT2D eigenvalue weighted by Gasteiger charge is 2.18. The Balaban J connectivity index is 1.90. The highest BCUT2D eigenvalue weighted by molar-refractivity contribution is 5.98. The molecule has 0 N–H and O–H groups in total.